The van der Waals surface area contributed by atoms with Crippen molar-refractivity contribution >= 4 is 0 Å². The summed E-state index contributed by atoms with van der Waals surface area (Å²) in [7, 11) is 0. The van der Waals surface area contributed by atoms with Crippen molar-refractivity contribution in [3.63, 3.8) is 0 Å². The van der Waals surface area contributed by atoms with Crippen LogP contribution in [0.5, 0.6) is 0 Å². The lowest BCUT2D eigenvalue weighted by atomic mass is 9.86. The highest BCUT2D eigenvalue weighted by molar-refractivity contribution is 5.43. The van der Waals surface area contributed by atoms with Crippen molar-refractivity contribution in [2.75, 3.05) is 26.4 Å². The predicted octanol–water partition coefficient (Wildman–Crippen LogP) is 2.14. The summed E-state index contributed by atoms with van der Waals surface area (Å²) in [4.78, 5) is 0. The summed E-state index contributed by atoms with van der Waals surface area (Å²) in [6.45, 7) is 6.92. The van der Waals surface area contributed by atoms with Crippen LogP contribution in [0.25, 0.3) is 0 Å². The van der Waals surface area contributed by atoms with Gasteiger partial charge in [-0.15, -0.1) is 0 Å². The van der Waals surface area contributed by atoms with Crippen LogP contribution in [0.3, 0.4) is 0 Å². The number of rotatable bonds is 4. The number of nitrogens with one attached hydrogen (secondary N) is 1. The van der Waals surface area contributed by atoms with Crippen molar-refractivity contribution in [2.45, 2.75) is 32.2 Å². The van der Waals surface area contributed by atoms with Crippen LogP contribution in [-0.4, -0.2) is 31.5 Å². The quantitative estimate of drug-likeness (QED) is 0.872. The van der Waals surface area contributed by atoms with Gasteiger partial charge in [0.2, 0.25) is 0 Å². The smallest absolute Gasteiger partial charge is 0.0579 e. The fourth-order valence-electron chi connectivity index (χ4n) is 3.45. The Bertz CT molecular complexity index is 462. The van der Waals surface area contributed by atoms with Crippen LogP contribution < -0.4 is 5.32 Å². The molecule has 1 aromatic rings. The molecule has 1 aliphatic heterocycles. The van der Waals surface area contributed by atoms with Gasteiger partial charge < -0.3 is 15.2 Å². The molecule has 104 valence electrons. The van der Waals surface area contributed by atoms with Gasteiger partial charge in [0.15, 0.2) is 0 Å². The summed E-state index contributed by atoms with van der Waals surface area (Å²) in [5.74, 6) is 0.622. The van der Waals surface area contributed by atoms with E-state index in [0.717, 1.165) is 13.0 Å². The largest absolute Gasteiger partial charge is 0.396 e. The molecule has 19 heavy (non-hydrogen) atoms. The third-order valence-corrected chi connectivity index (χ3v) is 4.69. The Morgan fingerprint density at radius 1 is 1.42 bits per heavy atom. The first kappa shape index (κ1) is 13.1. The summed E-state index contributed by atoms with van der Waals surface area (Å²) < 4.78 is 5.25. The van der Waals surface area contributed by atoms with Crippen molar-refractivity contribution in [1.29, 1.82) is 0 Å². The number of ether oxygens (including phenoxy) is 1. The van der Waals surface area contributed by atoms with Crippen LogP contribution in [0.15, 0.2) is 18.2 Å². The Hall–Kier alpha value is -0.900. The SMILES string of the molecule is Cc1cccc2c1C(C)CC2NCC1(CO)COC1. The fourth-order valence-corrected chi connectivity index (χ4v) is 3.45. The number of aliphatic hydroxyl groups excluding tert-OH is 1. The molecule has 2 N–H and O–H groups in total. The van der Waals surface area contributed by atoms with Crippen LogP contribution in [0, 0.1) is 12.3 Å². The normalized spacial score (nSPS) is 27.9. The zero-order valence-corrected chi connectivity index (χ0v) is 11.8. The zero-order valence-electron chi connectivity index (χ0n) is 11.8. The molecule has 1 heterocycles. The van der Waals surface area contributed by atoms with Gasteiger partial charge in [-0.1, -0.05) is 25.1 Å². The molecular weight excluding hydrogens is 238 g/mol. The number of hydrogen-bond acceptors (Lipinski definition) is 3. The minimum Gasteiger partial charge on any atom is -0.396 e. The summed E-state index contributed by atoms with van der Waals surface area (Å²) >= 11 is 0. The first-order chi connectivity index (χ1) is 9.15. The van der Waals surface area contributed by atoms with E-state index in [-0.39, 0.29) is 12.0 Å². The molecule has 1 saturated heterocycles. The van der Waals surface area contributed by atoms with Crippen molar-refractivity contribution in [3.05, 3.63) is 34.9 Å². The standard InChI is InChI=1S/C16H23NO2/c1-11-4-3-5-13-14(6-12(2)15(11)13)17-7-16(8-18)9-19-10-16/h3-5,12,14,17-18H,6-10H2,1-2H3. The minimum absolute atomic E-state index is 0.0458. The van der Waals surface area contributed by atoms with Gasteiger partial charge in [-0.3, -0.25) is 0 Å². The third-order valence-electron chi connectivity index (χ3n) is 4.69. The lowest BCUT2D eigenvalue weighted by Crippen LogP contribution is -2.52. The molecule has 3 rings (SSSR count). The Balaban J connectivity index is 1.73. The maximum Gasteiger partial charge on any atom is 0.0579 e. The molecular formula is C16H23NO2. The predicted molar refractivity (Wildman–Crippen MR) is 75.3 cm³/mol. The van der Waals surface area contributed by atoms with Gasteiger partial charge in [0.1, 0.15) is 0 Å². The maximum atomic E-state index is 9.48. The van der Waals surface area contributed by atoms with Gasteiger partial charge in [-0.2, -0.15) is 0 Å². The molecule has 3 heteroatoms. The molecule has 0 amide bonds. The highest BCUT2D eigenvalue weighted by atomic mass is 16.5. The van der Waals surface area contributed by atoms with E-state index in [1.165, 1.54) is 16.7 Å². The lowest BCUT2D eigenvalue weighted by molar-refractivity contribution is -0.135. The van der Waals surface area contributed by atoms with Gasteiger partial charge in [0.25, 0.3) is 0 Å². The van der Waals surface area contributed by atoms with Crippen LogP contribution in [0.1, 0.15) is 42.0 Å². The third kappa shape index (κ3) is 2.20. The van der Waals surface area contributed by atoms with Crippen molar-refractivity contribution in [3.8, 4) is 0 Å². The molecule has 1 aromatic carbocycles. The number of benzene rings is 1. The highest BCUT2D eigenvalue weighted by Gasteiger charge is 2.39. The Morgan fingerprint density at radius 2 is 2.21 bits per heavy atom. The summed E-state index contributed by atoms with van der Waals surface area (Å²) in [5.41, 5.74) is 4.32. The van der Waals surface area contributed by atoms with Gasteiger partial charge in [-0.05, 0) is 36.0 Å². The second-order valence-corrected chi connectivity index (χ2v) is 6.30. The first-order valence-corrected chi connectivity index (χ1v) is 7.17. The average molecular weight is 261 g/mol. The average Bonchev–Trinajstić information content (AvgIpc) is 2.67. The maximum absolute atomic E-state index is 9.48. The molecule has 2 unspecified atom stereocenters. The second kappa shape index (κ2) is 4.89. The molecule has 3 nitrogen and oxygen atoms in total. The second-order valence-electron chi connectivity index (χ2n) is 6.30. The molecule has 0 aromatic heterocycles. The van der Waals surface area contributed by atoms with E-state index >= 15 is 0 Å². The number of hydrogen-bond donors (Lipinski definition) is 2. The van der Waals surface area contributed by atoms with E-state index in [4.69, 9.17) is 4.74 Å². The highest BCUT2D eigenvalue weighted by Crippen LogP contribution is 2.42. The fraction of sp³-hybridized carbons (Fsp3) is 0.625. The van der Waals surface area contributed by atoms with Crippen molar-refractivity contribution in [2.24, 2.45) is 5.41 Å². The Morgan fingerprint density at radius 3 is 2.84 bits per heavy atom. The van der Waals surface area contributed by atoms with Crippen molar-refractivity contribution in [1.82, 2.24) is 5.32 Å². The van der Waals surface area contributed by atoms with E-state index in [1.807, 2.05) is 0 Å². The van der Waals surface area contributed by atoms with Crippen LogP contribution in [-0.2, 0) is 4.74 Å². The number of aryl methyl sites for hydroxylation is 1. The van der Waals surface area contributed by atoms with E-state index in [0.29, 0.717) is 25.2 Å². The summed E-state index contributed by atoms with van der Waals surface area (Å²) in [6, 6.07) is 7.02. The Labute approximate surface area is 115 Å². The molecule has 2 atom stereocenters. The van der Waals surface area contributed by atoms with Gasteiger partial charge in [0, 0.05) is 12.6 Å². The van der Waals surface area contributed by atoms with Crippen LogP contribution in [0.2, 0.25) is 0 Å². The molecule has 0 saturated carbocycles. The van der Waals surface area contributed by atoms with E-state index in [1.54, 1.807) is 0 Å². The zero-order chi connectivity index (χ0) is 13.5. The molecule has 1 fully saturated rings. The topological polar surface area (TPSA) is 41.5 Å². The molecule has 1 aliphatic carbocycles. The summed E-state index contributed by atoms with van der Waals surface area (Å²) in [6.07, 6.45) is 1.16. The van der Waals surface area contributed by atoms with E-state index < -0.39 is 0 Å². The minimum atomic E-state index is -0.0458. The number of fused-ring (bicyclic) bond motifs is 1. The van der Waals surface area contributed by atoms with Crippen LogP contribution in [0.4, 0.5) is 0 Å². The van der Waals surface area contributed by atoms with Crippen LogP contribution >= 0.6 is 0 Å². The molecule has 0 spiro atoms. The first-order valence-electron chi connectivity index (χ1n) is 7.17. The van der Waals surface area contributed by atoms with Gasteiger partial charge >= 0.3 is 0 Å². The summed E-state index contributed by atoms with van der Waals surface area (Å²) in [5, 5.41) is 13.1. The number of aliphatic hydroxyl groups is 1. The Kier molecular flexibility index (Phi) is 3.37. The van der Waals surface area contributed by atoms with Gasteiger partial charge in [-0.25, -0.2) is 0 Å². The van der Waals surface area contributed by atoms with E-state index in [2.05, 4.69) is 37.4 Å². The lowest BCUT2D eigenvalue weighted by Gasteiger charge is -2.40. The molecule has 0 bridgehead atoms. The monoisotopic (exact) mass is 261 g/mol. The van der Waals surface area contributed by atoms with E-state index in [9.17, 15) is 5.11 Å². The molecule has 0 radical (unpaired) electrons. The van der Waals surface area contributed by atoms with Crippen molar-refractivity contribution < 1.29 is 9.84 Å². The molecule has 2 aliphatic rings. The van der Waals surface area contributed by atoms with Gasteiger partial charge in [0.05, 0.1) is 25.2 Å².